The molecule has 0 aliphatic heterocycles. The lowest BCUT2D eigenvalue weighted by atomic mass is 9.95. The van der Waals surface area contributed by atoms with Crippen molar-refractivity contribution in [3.8, 4) is 0 Å². The summed E-state index contributed by atoms with van der Waals surface area (Å²) < 4.78 is 4.00. The smallest absolute Gasteiger partial charge is 0.233 e. The maximum Gasteiger partial charge on any atom is 0.233 e. The molecule has 0 saturated heterocycles. The van der Waals surface area contributed by atoms with Gasteiger partial charge in [-0.25, -0.2) is 0 Å². The van der Waals surface area contributed by atoms with Gasteiger partial charge in [-0.15, -0.1) is 0 Å². The fourth-order valence-corrected chi connectivity index (χ4v) is 2.62. The molecule has 1 fully saturated rings. The largest absolute Gasteiger partial charge is 0.367 e. The Labute approximate surface area is 88.3 Å². The predicted octanol–water partition coefficient (Wildman–Crippen LogP) is 1.89. The van der Waals surface area contributed by atoms with Crippen LogP contribution in [0.4, 0.5) is 11.1 Å². The fraction of sp³-hybridized carbons (Fsp3) is 0.778. The highest BCUT2D eigenvalue weighted by atomic mass is 32.1. The molecule has 1 heterocycles. The Hall–Kier alpha value is -0.840. The third-order valence-corrected chi connectivity index (χ3v) is 3.68. The quantitative estimate of drug-likeness (QED) is 0.813. The molecule has 1 aromatic rings. The average molecular weight is 212 g/mol. The zero-order valence-electron chi connectivity index (χ0n) is 8.44. The summed E-state index contributed by atoms with van der Waals surface area (Å²) in [5, 5.41) is 0.953. The van der Waals surface area contributed by atoms with Crippen LogP contribution in [0, 0.1) is 0 Å². The number of nitrogen functional groups attached to an aromatic ring is 1. The molecule has 0 atom stereocenters. The number of nitrogens with two attached hydrogens (primary N) is 1. The van der Waals surface area contributed by atoms with Gasteiger partial charge in [0.05, 0.1) is 0 Å². The van der Waals surface area contributed by atoms with E-state index in [0.717, 1.165) is 5.13 Å². The number of hydrogen-bond acceptors (Lipinski definition) is 5. The van der Waals surface area contributed by atoms with E-state index in [1.165, 1.54) is 43.6 Å². The van der Waals surface area contributed by atoms with Crippen LogP contribution >= 0.6 is 11.5 Å². The van der Waals surface area contributed by atoms with E-state index in [0.29, 0.717) is 12.0 Å². The first kappa shape index (κ1) is 9.71. The minimum absolute atomic E-state index is 0.396. The van der Waals surface area contributed by atoms with E-state index in [4.69, 9.17) is 5.73 Å². The molecule has 1 aromatic heterocycles. The van der Waals surface area contributed by atoms with Crippen LogP contribution in [-0.2, 0) is 0 Å². The summed E-state index contributed by atoms with van der Waals surface area (Å²) in [5.41, 5.74) is 5.51. The lowest BCUT2D eigenvalue weighted by Gasteiger charge is -2.30. The molecule has 4 nitrogen and oxygen atoms in total. The van der Waals surface area contributed by atoms with Crippen molar-refractivity contribution < 1.29 is 0 Å². The first-order valence-electron chi connectivity index (χ1n) is 5.09. The normalized spacial score (nSPS) is 18.4. The Bertz CT molecular complexity index is 293. The van der Waals surface area contributed by atoms with Crippen LogP contribution < -0.4 is 10.6 Å². The maximum absolute atomic E-state index is 5.51. The molecule has 14 heavy (non-hydrogen) atoms. The third-order valence-electron chi connectivity index (χ3n) is 2.86. The van der Waals surface area contributed by atoms with Crippen molar-refractivity contribution in [2.24, 2.45) is 0 Å². The Morgan fingerprint density at radius 3 is 2.64 bits per heavy atom. The lowest BCUT2D eigenvalue weighted by molar-refractivity contribution is 0.427. The van der Waals surface area contributed by atoms with Crippen LogP contribution in [0.5, 0.6) is 0 Å². The minimum atomic E-state index is 0.396. The molecule has 0 unspecified atom stereocenters. The first-order chi connectivity index (χ1) is 6.77. The van der Waals surface area contributed by atoms with Gasteiger partial charge in [0.15, 0.2) is 0 Å². The zero-order valence-corrected chi connectivity index (χ0v) is 9.26. The van der Waals surface area contributed by atoms with Gasteiger partial charge in [0, 0.05) is 24.6 Å². The summed E-state index contributed by atoms with van der Waals surface area (Å²) in [7, 11) is 2.09. The molecule has 1 aliphatic carbocycles. The molecule has 78 valence electrons. The van der Waals surface area contributed by atoms with Gasteiger partial charge < -0.3 is 10.6 Å². The van der Waals surface area contributed by atoms with Crippen molar-refractivity contribution in [1.29, 1.82) is 0 Å². The lowest BCUT2D eigenvalue weighted by Crippen LogP contribution is -2.33. The van der Waals surface area contributed by atoms with E-state index < -0.39 is 0 Å². The van der Waals surface area contributed by atoms with Crippen molar-refractivity contribution >= 4 is 22.6 Å². The second-order valence-corrected chi connectivity index (χ2v) is 4.57. The topological polar surface area (TPSA) is 55.0 Å². The summed E-state index contributed by atoms with van der Waals surface area (Å²) >= 11 is 1.39. The summed E-state index contributed by atoms with van der Waals surface area (Å²) in [6.45, 7) is 0. The second-order valence-electron chi connectivity index (χ2n) is 3.84. The Morgan fingerprint density at radius 1 is 1.36 bits per heavy atom. The number of nitrogens with zero attached hydrogens (tertiary/aromatic N) is 3. The minimum Gasteiger partial charge on any atom is -0.367 e. The second kappa shape index (κ2) is 4.13. The van der Waals surface area contributed by atoms with Crippen LogP contribution in [0.3, 0.4) is 0 Å². The highest BCUT2D eigenvalue weighted by molar-refractivity contribution is 7.09. The number of aromatic nitrogens is 2. The molecule has 5 heteroatoms. The van der Waals surface area contributed by atoms with Crippen molar-refractivity contribution in [3.63, 3.8) is 0 Å². The van der Waals surface area contributed by atoms with E-state index >= 15 is 0 Å². The van der Waals surface area contributed by atoms with Crippen molar-refractivity contribution in [2.45, 2.75) is 38.1 Å². The van der Waals surface area contributed by atoms with Gasteiger partial charge >= 0.3 is 0 Å². The first-order valence-corrected chi connectivity index (χ1v) is 5.87. The van der Waals surface area contributed by atoms with E-state index in [1.807, 2.05) is 0 Å². The monoisotopic (exact) mass is 212 g/mol. The SMILES string of the molecule is CN(c1nc(N)ns1)C1CCCCC1. The Kier molecular flexibility index (Phi) is 2.86. The molecule has 2 rings (SSSR count). The Morgan fingerprint density at radius 2 is 2.07 bits per heavy atom. The summed E-state index contributed by atoms with van der Waals surface area (Å²) in [4.78, 5) is 6.43. The van der Waals surface area contributed by atoms with Gasteiger partial charge in [-0.2, -0.15) is 9.36 Å². The molecule has 1 aliphatic rings. The molecule has 0 bridgehead atoms. The van der Waals surface area contributed by atoms with Gasteiger partial charge in [-0.1, -0.05) is 19.3 Å². The van der Waals surface area contributed by atoms with Crippen LogP contribution in [0.1, 0.15) is 32.1 Å². The highest BCUT2D eigenvalue weighted by Gasteiger charge is 2.20. The molecule has 2 N–H and O–H groups in total. The fourth-order valence-electron chi connectivity index (χ4n) is 1.99. The van der Waals surface area contributed by atoms with Gasteiger partial charge in [0.1, 0.15) is 0 Å². The average Bonchev–Trinajstić information content (AvgIpc) is 2.65. The van der Waals surface area contributed by atoms with Gasteiger partial charge in [0.2, 0.25) is 11.1 Å². The molecular weight excluding hydrogens is 196 g/mol. The number of hydrogen-bond donors (Lipinski definition) is 1. The molecule has 0 spiro atoms. The number of anilines is 2. The van der Waals surface area contributed by atoms with E-state index in [1.54, 1.807) is 0 Å². The van der Waals surface area contributed by atoms with Gasteiger partial charge in [0.25, 0.3) is 0 Å². The van der Waals surface area contributed by atoms with Crippen LogP contribution in [0.25, 0.3) is 0 Å². The molecular formula is C9H16N4S. The standard InChI is InChI=1S/C9H16N4S/c1-13(7-5-3-2-4-6-7)9-11-8(10)12-14-9/h7H,2-6H2,1H3,(H2,10,12). The summed E-state index contributed by atoms with van der Waals surface area (Å²) in [5.74, 6) is 0.396. The van der Waals surface area contributed by atoms with Crippen molar-refractivity contribution in [1.82, 2.24) is 9.36 Å². The maximum atomic E-state index is 5.51. The molecule has 0 amide bonds. The van der Waals surface area contributed by atoms with Crippen LogP contribution in [-0.4, -0.2) is 22.4 Å². The van der Waals surface area contributed by atoms with Gasteiger partial charge in [-0.05, 0) is 12.8 Å². The Balaban J connectivity index is 2.03. The van der Waals surface area contributed by atoms with Crippen LogP contribution in [0.15, 0.2) is 0 Å². The zero-order chi connectivity index (χ0) is 9.97. The van der Waals surface area contributed by atoms with E-state index in [2.05, 4.69) is 21.3 Å². The van der Waals surface area contributed by atoms with Gasteiger partial charge in [-0.3, -0.25) is 0 Å². The number of rotatable bonds is 2. The third kappa shape index (κ3) is 1.97. The van der Waals surface area contributed by atoms with Crippen LogP contribution in [0.2, 0.25) is 0 Å². The molecule has 0 aromatic carbocycles. The van der Waals surface area contributed by atoms with E-state index in [-0.39, 0.29) is 0 Å². The predicted molar refractivity (Wildman–Crippen MR) is 59.6 cm³/mol. The van der Waals surface area contributed by atoms with Crippen molar-refractivity contribution in [3.05, 3.63) is 0 Å². The molecule has 0 radical (unpaired) electrons. The summed E-state index contributed by atoms with van der Waals surface area (Å²) in [6.07, 6.45) is 6.60. The molecule has 1 saturated carbocycles. The highest BCUT2D eigenvalue weighted by Crippen LogP contribution is 2.27. The summed E-state index contributed by atoms with van der Waals surface area (Å²) in [6, 6.07) is 0.635. The van der Waals surface area contributed by atoms with Crippen molar-refractivity contribution in [2.75, 3.05) is 17.7 Å². The van der Waals surface area contributed by atoms with E-state index in [9.17, 15) is 0 Å².